The number of nitrogens with zero attached hydrogens (tertiary/aromatic N) is 3. The Morgan fingerprint density at radius 3 is 2.29 bits per heavy atom. The zero-order valence-electron chi connectivity index (χ0n) is 18.6. The van der Waals surface area contributed by atoms with E-state index in [4.69, 9.17) is 4.74 Å². The van der Waals surface area contributed by atoms with Crippen LogP contribution in [0.15, 0.2) is 65.8 Å². The first-order valence-corrected chi connectivity index (χ1v) is 10.1. The summed E-state index contributed by atoms with van der Waals surface area (Å²) in [5.41, 5.74) is 3.89. The molecule has 3 aromatic rings. The van der Waals surface area contributed by atoms with Crippen molar-refractivity contribution in [1.29, 1.82) is 0 Å². The van der Waals surface area contributed by atoms with Crippen LogP contribution in [0, 0.1) is 34.1 Å². The molecule has 0 unspecified atom stereocenters. The molecule has 178 valence electrons. The van der Waals surface area contributed by atoms with E-state index < -0.39 is 33.0 Å². The van der Waals surface area contributed by atoms with Crippen LogP contribution < -0.4 is 15.5 Å². The lowest BCUT2D eigenvalue weighted by molar-refractivity contribution is -0.394. The lowest BCUT2D eigenvalue weighted by Gasteiger charge is -2.07. The van der Waals surface area contributed by atoms with E-state index in [1.54, 1.807) is 24.3 Å². The van der Waals surface area contributed by atoms with Crippen LogP contribution in [0.3, 0.4) is 0 Å². The fourth-order valence-electron chi connectivity index (χ4n) is 3.08. The van der Waals surface area contributed by atoms with Crippen molar-refractivity contribution in [2.75, 3.05) is 5.32 Å². The van der Waals surface area contributed by atoms with Gasteiger partial charge in [0.15, 0.2) is 0 Å². The summed E-state index contributed by atoms with van der Waals surface area (Å²) in [6.07, 6.45) is 1.25. The molecule has 12 nitrogen and oxygen atoms in total. The molecule has 0 bridgehead atoms. The van der Waals surface area contributed by atoms with Crippen LogP contribution in [0.25, 0.3) is 0 Å². The number of aryl methyl sites for hydroxylation is 2. The molecule has 0 saturated heterocycles. The molecule has 0 aliphatic carbocycles. The van der Waals surface area contributed by atoms with Gasteiger partial charge in [0.25, 0.3) is 5.69 Å². The molecule has 12 heteroatoms. The SMILES string of the molecule is Cc1cc(C)cc(NC(=O)C(=O)NN=Cc2cccc(Oc3ccc([N+](=O)[O-])cc3[N+](=O)[O-])c2)c1. The lowest BCUT2D eigenvalue weighted by atomic mass is 10.1. The topological polar surface area (TPSA) is 166 Å². The van der Waals surface area contributed by atoms with Crippen LogP contribution in [0.2, 0.25) is 0 Å². The van der Waals surface area contributed by atoms with Gasteiger partial charge in [-0.2, -0.15) is 5.10 Å². The smallest absolute Gasteiger partial charge is 0.329 e. The minimum Gasteiger partial charge on any atom is -0.450 e. The number of benzene rings is 3. The molecule has 0 atom stereocenters. The van der Waals surface area contributed by atoms with E-state index in [-0.39, 0.29) is 11.5 Å². The number of hydrazone groups is 1. The zero-order valence-corrected chi connectivity index (χ0v) is 18.6. The second kappa shape index (κ2) is 10.7. The first kappa shape index (κ1) is 24.5. The number of nitro groups is 2. The number of rotatable bonds is 7. The second-order valence-electron chi connectivity index (χ2n) is 7.37. The van der Waals surface area contributed by atoms with Crippen LogP contribution in [0.5, 0.6) is 11.5 Å². The maximum Gasteiger partial charge on any atom is 0.329 e. The van der Waals surface area contributed by atoms with E-state index in [1.165, 1.54) is 18.3 Å². The minimum absolute atomic E-state index is 0.185. The zero-order chi connectivity index (χ0) is 25.5. The van der Waals surface area contributed by atoms with E-state index in [2.05, 4.69) is 15.8 Å². The Morgan fingerprint density at radius 2 is 1.63 bits per heavy atom. The molecule has 0 fully saturated rings. The number of amides is 2. The molecule has 2 N–H and O–H groups in total. The molecular weight excluding hydrogens is 458 g/mol. The molecule has 0 spiro atoms. The van der Waals surface area contributed by atoms with Gasteiger partial charge >= 0.3 is 17.5 Å². The van der Waals surface area contributed by atoms with Crippen molar-refractivity contribution in [2.24, 2.45) is 5.10 Å². The van der Waals surface area contributed by atoms with E-state index in [0.29, 0.717) is 11.3 Å². The van der Waals surface area contributed by atoms with E-state index in [0.717, 1.165) is 29.3 Å². The molecule has 35 heavy (non-hydrogen) atoms. The summed E-state index contributed by atoms with van der Waals surface area (Å²) >= 11 is 0. The average molecular weight is 477 g/mol. The molecule has 3 aromatic carbocycles. The predicted molar refractivity (Wildman–Crippen MR) is 127 cm³/mol. The van der Waals surface area contributed by atoms with Crippen molar-refractivity contribution < 1.29 is 24.2 Å². The van der Waals surface area contributed by atoms with Crippen LogP contribution in [0.4, 0.5) is 17.1 Å². The van der Waals surface area contributed by atoms with Gasteiger partial charge in [-0.25, -0.2) is 5.43 Å². The Kier molecular flexibility index (Phi) is 7.46. The fourth-order valence-corrected chi connectivity index (χ4v) is 3.08. The highest BCUT2D eigenvalue weighted by Crippen LogP contribution is 2.34. The summed E-state index contributed by atoms with van der Waals surface area (Å²) in [5, 5.41) is 28.4. The van der Waals surface area contributed by atoms with E-state index in [1.807, 2.05) is 19.9 Å². The van der Waals surface area contributed by atoms with Crippen LogP contribution in [-0.4, -0.2) is 27.9 Å². The van der Waals surface area contributed by atoms with E-state index in [9.17, 15) is 29.8 Å². The molecule has 0 heterocycles. The van der Waals surface area contributed by atoms with Crippen LogP contribution in [-0.2, 0) is 9.59 Å². The quantitative estimate of drug-likeness (QED) is 0.224. The van der Waals surface area contributed by atoms with Gasteiger partial charge in [-0.05, 0) is 60.9 Å². The first-order chi connectivity index (χ1) is 16.6. The Balaban J connectivity index is 1.66. The Morgan fingerprint density at radius 1 is 0.914 bits per heavy atom. The van der Waals surface area contributed by atoms with Crippen molar-refractivity contribution in [1.82, 2.24) is 5.43 Å². The number of carbonyl (C=O) groups excluding carboxylic acids is 2. The second-order valence-corrected chi connectivity index (χ2v) is 7.37. The van der Waals surface area contributed by atoms with Crippen LogP contribution in [0.1, 0.15) is 16.7 Å². The lowest BCUT2D eigenvalue weighted by Crippen LogP contribution is -2.32. The number of carbonyl (C=O) groups is 2. The molecule has 3 rings (SSSR count). The summed E-state index contributed by atoms with van der Waals surface area (Å²) in [5.74, 6) is -1.88. The normalized spacial score (nSPS) is 10.6. The number of hydrogen-bond donors (Lipinski definition) is 2. The van der Waals surface area contributed by atoms with Crippen molar-refractivity contribution in [3.8, 4) is 11.5 Å². The highest BCUT2D eigenvalue weighted by atomic mass is 16.6. The van der Waals surface area contributed by atoms with Gasteiger partial charge < -0.3 is 10.1 Å². The maximum absolute atomic E-state index is 12.1. The van der Waals surface area contributed by atoms with Crippen molar-refractivity contribution in [3.63, 3.8) is 0 Å². The third-order valence-electron chi connectivity index (χ3n) is 4.50. The van der Waals surface area contributed by atoms with Crippen molar-refractivity contribution in [2.45, 2.75) is 13.8 Å². The van der Waals surface area contributed by atoms with Gasteiger partial charge in [0.1, 0.15) is 5.75 Å². The number of nitro benzene ring substituents is 2. The van der Waals surface area contributed by atoms with Gasteiger partial charge in [-0.3, -0.25) is 29.8 Å². The molecular formula is C23H19N5O7. The third kappa shape index (κ3) is 6.68. The summed E-state index contributed by atoms with van der Waals surface area (Å²) in [7, 11) is 0. The molecule has 0 aliphatic heterocycles. The first-order valence-electron chi connectivity index (χ1n) is 10.1. The summed E-state index contributed by atoms with van der Waals surface area (Å²) in [6, 6.07) is 14.6. The number of non-ortho nitro benzene ring substituents is 1. The molecule has 0 aromatic heterocycles. The Bertz CT molecular complexity index is 1330. The Labute approximate surface area is 198 Å². The largest absolute Gasteiger partial charge is 0.450 e. The summed E-state index contributed by atoms with van der Waals surface area (Å²) < 4.78 is 5.52. The highest BCUT2D eigenvalue weighted by Gasteiger charge is 2.21. The monoisotopic (exact) mass is 477 g/mol. The number of hydrogen-bond acceptors (Lipinski definition) is 8. The van der Waals surface area contributed by atoms with E-state index >= 15 is 0 Å². The Hall–Kier alpha value is -5.13. The van der Waals surface area contributed by atoms with Gasteiger partial charge in [-0.15, -0.1) is 0 Å². The predicted octanol–water partition coefficient (Wildman–Crippen LogP) is 4.00. The fraction of sp³-hybridized carbons (Fsp3) is 0.0870. The average Bonchev–Trinajstić information content (AvgIpc) is 2.78. The number of ether oxygens (including phenoxy) is 1. The molecule has 0 radical (unpaired) electrons. The third-order valence-corrected chi connectivity index (χ3v) is 4.50. The molecule has 0 aliphatic rings. The van der Waals surface area contributed by atoms with Crippen LogP contribution >= 0.6 is 0 Å². The van der Waals surface area contributed by atoms with Gasteiger partial charge in [-0.1, -0.05) is 18.2 Å². The van der Waals surface area contributed by atoms with Gasteiger partial charge in [0.2, 0.25) is 5.75 Å². The number of nitrogens with one attached hydrogen (secondary N) is 2. The maximum atomic E-state index is 12.1. The molecule has 2 amide bonds. The van der Waals surface area contributed by atoms with Gasteiger partial charge in [0, 0.05) is 11.8 Å². The standard InChI is InChI=1S/C23H19N5O7/c1-14-8-15(2)10-17(9-14)25-22(29)23(30)26-24-13-16-4-3-5-19(11-16)35-21-7-6-18(27(31)32)12-20(21)28(33)34/h3-13H,1-2H3,(H,25,29)(H,26,30). The van der Waals surface area contributed by atoms with Crippen molar-refractivity contribution >= 4 is 35.1 Å². The van der Waals surface area contributed by atoms with Crippen molar-refractivity contribution in [3.05, 3.63) is 97.6 Å². The van der Waals surface area contributed by atoms with Gasteiger partial charge in [0.05, 0.1) is 22.1 Å². The highest BCUT2D eigenvalue weighted by molar-refractivity contribution is 6.39. The molecule has 0 saturated carbocycles. The summed E-state index contributed by atoms with van der Waals surface area (Å²) in [4.78, 5) is 44.7. The minimum atomic E-state index is -0.977. The number of anilines is 1. The summed E-state index contributed by atoms with van der Waals surface area (Å²) in [6.45, 7) is 3.73.